The Morgan fingerprint density at radius 3 is 2.61 bits per heavy atom. The van der Waals surface area contributed by atoms with E-state index in [1.807, 2.05) is 0 Å². The van der Waals surface area contributed by atoms with Crippen LogP contribution in [0.4, 0.5) is 5.95 Å². The molecule has 3 rings (SSSR count). The van der Waals surface area contributed by atoms with Gasteiger partial charge in [-0.3, -0.25) is 0 Å². The van der Waals surface area contributed by atoms with E-state index >= 15 is 0 Å². The van der Waals surface area contributed by atoms with E-state index in [9.17, 15) is 0 Å². The molecule has 1 aromatic heterocycles. The molecule has 1 aromatic rings. The second kappa shape index (κ2) is 5.41. The smallest absolute Gasteiger partial charge is 0.227 e. The molecule has 1 fully saturated rings. The van der Waals surface area contributed by atoms with Crippen molar-refractivity contribution in [3.8, 4) is 0 Å². The fourth-order valence-corrected chi connectivity index (χ4v) is 3.00. The molecule has 0 bridgehead atoms. The van der Waals surface area contributed by atoms with Crippen LogP contribution < -0.4 is 10.2 Å². The van der Waals surface area contributed by atoms with E-state index in [0.717, 1.165) is 56.2 Å². The lowest BCUT2D eigenvalue weighted by Crippen LogP contribution is -2.31. The Hall–Kier alpha value is -0.870. The first-order valence-electron chi connectivity index (χ1n) is 6.85. The number of anilines is 1. The van der Waals surface area contributed by atoms with Gasteiger partial charge in [0.25, 0.3) is 0 Å². The standard InChI is InChI=1S/C13H19ClN4/c14-12-10-4-6-15-7-5-11(10)16-13(17-12)18-8-2-1-3-9-18/h15H,1-9H2. The molecule has 0 unspecified atom stereocenters. The molecule has 1 saturated heterocycles. The van der Waals surface area contributed by atoms with Crippen molar-refractivity contribution in [2.45, 2.75) is 32.1 Å². The van der Waals surface area contributed by atoms with Crippen molar-refractivity contribution < 1.29 is 0 Å². The van der Waals surface area contributed by atoms with Gasteiger partial charge in [-0.05, 0) is 32.2 Å². The van der Waals surface area contributed by atoms with Crippen LogP contribution in [0.15, 0.2) is 0 Å². The lowest BCUT2D eigenvalue weighted by atomic mass is 10.1. The van der Waals surface area contributed by atoms with Gasteiger partial charge in [0.05, 0.1) is 5.69 Å². The predicted molar refractivity (Wildman–Crippen MR) is 73.4 cm³/mol. The maximum Gasteiger partial charge on any atom is 0.227 e. The molecule has 3 heterocycles. The average Bonchev–Trinajstić information content (AvgIpc) is 2.65. The van der Waals surface area contributed by atoms with Crippen molar-refractivity contribution in [2.75, 3.05) is 31.1 Å². The number of halogens is 1. The zero-order valence-corrected chi connectivity index (χ0v) is 11.3. The van der Waals surface area contributed by atoms with E-state index < -0.39 is 0 Å². The summed E-state index contributed by atoms with van der Waals surface area (Å²) in [6.07, 6.45) is 5.69. The van der Waals surface area contributed by atoms with Crippen molar-refractivity contribution in [2.24, 2.45) is 0 Å². The van der Waals surface area contributed by atoms with E-state index in [2.05, 4.69) is 15.2 Å². The third-order valence-corrected chi connectivity index (χ3v) is 4.07. The second-order valence-corrected chi connectivity index (χ2v) is 5.40. The molecule has 0 atom stereocenters. The highest BCUT2D eigenvalue weighted by molar-refractivity contribution is 6.30. The zero-order valence-electron chi connectivity index (χ0n) is 10.6. The van der Waals surface area contributed by atoms with Gasteiger partial charge < -0.3 is 10.2 Å². The molecule has 18 heavy (non-hydrogen) atoms. The van der Waals surface area contributed by atoms with Crippen molar-refractivity contribution in [1.82, 2.24) is 15.3 Å². The first-order chi connectivity index (χ1) is 8.84. The summed E-state index contributed by atoms with van der Waals surface area (Å²) in [6, 6.07) is 0. The van der Waals surface area contributed by atoms with Crippen molar-refractivity contribution in [1.29, 1.82) is 0 Å². The normalized spacial score (nSPS) is 20.4. The molecular weight excluding hydrogens is 248 g/mol. The average molecular weight is 267 g/mol. The summed E-state index contributed by atoms with van der Waals surface area (Å²) in [6.45, 7) is 4.08. The van der Waals surface area contributed by atoms with Gasteiger partial charge in [0.15, 0.2) is 0 Å². The summed E-state index contributed by atoms with van der Waals surface area (Å²) in [5.74, 6) is 0.834. The number of aromatic nitrogens is 2. The summed E-state index contributed by atoms with van der Waals surface area (Å²) >= 11 is 6.33. The highest BCUT2D eigenvalue weighted by atomic mass is 35.5. The van der Waals surface area contributed by atoms with Gasteiger partial charge >= 0.3 is 0 Å². The minimum absolute atomic E-state index is 0.657. The Balaban J connectivity index is 1.91. The number of hydrogen-bond donors (Lipinski definition) is 1. The van der Waals surface area contributed by atoms with E-state index in [0.29, 0.717) is 5.15 Å². The van der Waals surface area contributed by atoms with Gasteiger partial charge in [0.2, 0.25) is 5.95 Å². The van der Waals surface area contributed by atoms with Crippen LogP contribution in [-0.4, -0.2) is 36.1 Å². The summed E-state index contributed by atoms with van der Waals surface area (Å²) in [4.78, 5) is 11.5. The number of rotatable bonds is 1. The minimum atomic E-state index is 0.657. The fourth-order valence-electron chi connectivity index (χ4n) is 2.72. The Labute approximate surface area is 113 Å². The van der Waals surface area contributed by atoms with Gasteiger partial charge in [-0.1, -0.05) is 11.6 Å². The van der Waals surface area contributed by atoms with Crippen LogP contribution in [0.1, 0.15) is 30.5 Å². The topological polar surface area (TPSA) is 41.1 Å². The van der Waals surface area contributed by atoms with Crippen LogP contribution in [0.25, 0.3) is 0 Å². The third-order valence-electron chi connectivity index (χ3n) is 3.76. The number of hydrogen-bond acceptors (Lipinski definition) is 4. The fraction of sp³-hybridized carbons (Fsp3) is 0.692. The molecule has 0 amide bonds. The first kappa shape index (κ1) is 12.2. The van der Waals surface area contributed by atoms with E-state index in [-0.39, 0.29) is 0 Å². The Morgan fingerprint density at radius 2 is 1.78 bits per heavy atom. The van der Waals surface area contributed by atoms with Crippen LogP contribution in [0, 0.1) is 0 Å². The summed E-state index contributed by atoms with van der Waals surface area (Å²) in [5, 5.41) is 4.04. The number of fused-ring (bicyclic) bond motifs is 1. The van der Waals surface area contributed by atoms with E-state index in [1.165, 1.54) is 19.3 Å². The molecule has 5 heteroatoms. The Bertz CT molecular complexity index is 429. The molecule has 98 valence electrons. The quantitative estimate of drug-likeness (QED) is 0.787. The van der Waals surface area contributed by atoms with Crippen LogP contribution >= 0.6 is 11.6 Å². The highest BCUT2D eigenvalue weighted by Gasteiger charge is 2.19. The van der Waals surface area contributed by atoms with Gasteiger partial charge in [-0.15, -0.1) is 0 Å². The monoisotopic (exact) mass is 266 g/mol. The Kier molecular flexibility index (Phi) is 3.66. The third kappa shape index (κ3) is 2.45. The summed E-state index contributed by atoms with van der Waals surface area (Å²) < 4.78 is 0. The maximum absolute atomic E-state index is 6.33. The number of nitrogens with zero attached hydrogens (tertiary/aromatic N) is 3. The molecule has 1 N–H and O–H groups in total. The lowest BCUT2D eigenvalue weighted by Gasteiger charge is -2.27. The number of nitrogens with one attached hydrogen (secondary N) is 1. The van der Waals surface area contributed by atoms with Crippen LogP contribution in [0.5, 0.6) is 0 Å². The van der Waals surface area contributed by atoms with Crippen molar-refractivity contribution in [3.05, 3.63) is 16.4 Å². The summed E-state index contributed by atoms with van der Waals surface area (Å²) in [5.41, 5.74) is 2.28. The van der Waals surface area contributed by atoms with Crippen molar-refractivity contribution in [3.63, 3.8) is 0 Å². The van der Waals surface area contributed by atoms with Gasteiger partial charge in [-0.25, -0.2) is 9.97 Å². The van der Waals surface area contributed by atoms with Crippen LogP contribution in [0.3, 0.4) is 0 Å². The molecule has 0 spiro atoms. The second-order valence-electron chi connectivity index (χ2n) is 5.04. The molecule has 0 aliphatic carbocycles. The zero-order chi connectivity index (χ0) is 12.4. The molecule has 4 nitrogen and oxygen atoms in total. The SMILES string of the molecule is Clc1nc(N2CCCCC2)nc2c1CCNCC2. The van der Waals surface area contributed by atoms with Gasteiger partial charge in [0, 0.05) is 31.6 Å². The largest absolute Gasteiger partial charge is 0.341 e. The summed E-state index contributed by atoms with van der Waals surface area (Å²) in [7, 11) is 0. The van der Waals surface area contributed by atoms with Crippen LogP contribution in [0.2, 0.25) is 5.15 Å². The van der Waals surface area contributed by atoms with Crippen LogP contribution in [-0.2, 0) is 12.8 Å². The predicted octanol–water partition coefficient (Wildman–Crippen LogP) is 1.81. The molecule has 0 aromatic carbocycles. The number of piperidine rings is 1. The minimum Gasteiger partial charge on any atom is -0.341 e. The molecule has 0 radical (unpaired) electrons. The first-order valence-corrected chi connectivity index (χ1v) is 7.23. The van der Waals surface area contributed by atoms with Gasteiger partial charge in [-0.2, -0.15) is 0 Å². The van der Waals surface area contributed by atoms with E-state index in [1.54, 1.807) is 0 Å². The van der Waals surface area contributed by atoms with E-state index in [4.69, 9.17) is 16.6 Å². The van der Waals surface area contributed by atoms with Crippen molar-refractivity contribution >= 4 is 17.5 Å². The Morgan fingerprint density at radius 1 is 1.00 bits per heavy atom. The maximum atomic E-state index is 6.33. The van der Waals surface area contributed by atoms with Gasteiger partial charge in [0.1, 0.15) is 5.15 Å². The lowest BCUT2D eigenvalue weighted by molar-refractivity contribution is 0.567. The molecular formula is C13H19ClN4. The molecule has 2 aliphatic heterocycles. The highest BCUT2D eigenvalue weighted by Crippen LogP contribution is 2.24. The molecule has 2 aliphatic rings. The molecule has 0 saturated carbocycles.